The smallest absolute Gasteiger partial charge is 0.337 e. The molecule has 0 radical (unpaired) electrons. The molecule has 1 aliphatic rings. The minimum atomic E-state index is -0.396. The first-order valence-electron chi connectivity index (χ1n) is 9.69. The highest BCUT2D eigenvalue weighted by atomic mass is 16.5. The molecule has 0 aliphatic carbocycles. The summed E-state index contributed by atoms with van der Waals surface area (Å²) >= 11 is 0. The molecule has 0 atom stereocenters. The number of hydrogen-bond acceptors (Lipinski definition) is 5. The highest BCUT2D eigenvalue weighted by Gasteiger charge is 2.21. The predicted octanol–water partition coefficient (Wildman–Crippen LogP) is 2.87. The Morgan fingerprint density at radius 1 is 0.966 bits per heavy atom. The minimum absolute atomic E-state index is 0.125. The van der Waals surface area contributed by atoms with Crippen molar-refractivity contribution < 1.29 is 19.1 Å². The SMILES string of the molecule is COC(=O)c1ccc(NC(=O)N2CCN(CCc3ccccc3OC)CC2)cc1. The average Bonchev–Trinajstić information content (AvgIpc) is 2.78. The van der Waals surface area contributed by atoms with Gasteiger partial charge in [0, 0.05) is 38.4 Å². The van der Waals surface area contributed by atoms with Gasteiger partial charge in [-0.05, 0) is 42.3 Å². The van der Waals surface area contributed by atoms with Crippen molar-refractivity contribution in [1.29, 1.82) is 0 Å². The molecular weight excluding hydrogens is 370 g/mol. The Labute approximate surface area is 171 Å². The average molecular weight is 397 g/mol. The number of hydrogen-bond donors (Lipinski definition) is 1. The van der Waals surface area contributed by atoms with Crippen LogP contribution in [-0.2, 0) is 11.2 Å². The lowest BCUT2D eigenvalue weighted by Gasteiger charge is -2.34. The van der Waals surface area contributed by atoms with Crippen LogP contribution < -0.4 is 10.1 Å². The number of esters is 1. The molecule has 2 aromatic carbocycles. The first kappa shape index (κ1) is 20.7. The maximum absolute atomic E-state index is 12.5. The van der Waals surface area contributed by atoms with Crippen molar-refractivity contribution in [2.75, 3.05) is 52.3 Å². The number of amides is 2. The number of carbonyl (C=O) groups excluding carboxylic acids is 2. The molecule has 1 aliphatic heterocycles. The standard InChI is InChI=1S/C22H27N3O4/c1-28-20-6-4-3-5-17(20)11-12-24-13-15-25(16-14-24)22(27)23-19-9-7-18(8-10-19)21(26)29-2/h3-10H,11-16H2,1-2H3,(H,23,27). The van der Waals surface area contributed by atoms with Crippen LogP contribution >= 0.6 is 0 Å². The molecule has 0 bridgehead atoms. The van der Waals surface area contributed by atoms with Crippen LogP contribution in [0.1, 0.15) is 15.9 Å². The maximum Gasteiger partial charge on any atom is 0.337 e. The van der Waals surface area contributed by atoms with Crippen molar-refractivity contribution in [1.82, 2.24) is 9.80 Å². The third kappa shape index (κ3) is 5.48. The van der Waals surface area contributed by atoms with Crippen LogP contribution in [0.25, 0.3) is 0 Å². The van der Waals surface area contributed by atoms with Crippen LogP contribution in [-0.4, -0.2) is 68.7 Å². The van der Waals surface area contributed by atoms with E-state index < -0.39 is 5.97 Å². The van der Waals surface area contributed by atoms with E-state index in [0.717, 1.165) is 31.8 Å². The van der Waals surface area contributed by atoms with Crippen LogP contribution in [0, 0.1) is 0 Å². The van der Waals surface area contributed by atoms with E-state index in [-0.39, 0.29) is 6.03 Å². The largest absolute Gasteiger partial charge is 0.496 e. The summed E-state index contributed by atoms with van der Waals surface area (Å²) in [7, 11) is 3.03. The van der Waals surface area contributed by atoms with Crippen LogP contribution in [0.15, 0.2) is 48.5 Å². The predicted molar refractivity (Wildman–Crippen MR) is 112 cm³/mol. The highest BCUT2D eigenvalue weighted by molar-refractivity contribution is 5.92. The van der Waals surface area contributed by atoms with E-state index in [1.807, 2.05) is 23.1 Å². The second kappa shape index (κ2) is 9.93. The minimum Gasteiger partial charge on any atom is -0.496 e. The summed E-state index contributed by atoms with van der Waals surface area (Å²) in [5, 5.41) is 2.88. The lowest BCUT2D eigenvalue weighted by Crippen LogP contribution is -2.50. The van der Waals surface area contributed by atoms with E-state index >= 15 is 0 Å². The number of nitrogens with one attached hydrogen (secondary N) is 1. The maximum atomic E-state index is 12.5. The third-order valence-corrected chi connectivity index (χ3v) is 5.11. The van der Waals surface area contributed by atoms with Gasteiger partial charge in [0.15, 0.2) is 0 Å². The van der Waals surface area contributed by atoms with E-state index in [4.69, 9.17) is 4.74 Å². The molecule has 1 heterocycles. The van der Waals surface area contributed by atoms with Crippen LogP contribution in [0.2, 0.25) is 0 Å². The number of carbonyl (C=O) groups is 2. The molecule has 1 saturated heterocycles. The topological polar surface area (TPSA) is 71.1 Å². The summed E-state index contributed by atoms with van der Waals surface area (Å²) in [5.41, 5.74) is 2.31. The van der Waals surface area contributed by atoms with Gasteiger partial charge in [-0.2, -0.15) is 0 Å². The highest BCUT2D eigenvalue weighted by Crippen LogP contribution is 2.18. The number of methoxy groups -OCH3 is 2. The summed E-state index contributed by atoms with van der Waals surface area (Å²) in [6.45, 7) is 3.97. The Morgan fingerprint density at radius 3 is 2.31 bits per heavy atom. The molecule has 29 heavy (non-hydrogen) atoms. The van der Waals surface area contributed by atoms with Gasteiger partial charge in [0.2, 0.25) is 0 Å². The molecule has 0 aromatic heterocycles. The second-order valence-electron chi connectivity index (χ2n) is 6.89. The Kier molecular flexibility index (Phi) is 7.08. The van der Waals surface area contributed by atoms with Crippen molar-refractivity contribution in [3.8, 4) is 5.75 Å². The first-order valence-corrected chi connectivity index (χ1v) is 9.69. The quantitative estimate of drug-likeness (QED) is 0.759. The Balaban J connectivity index is 1.45. The molecule has 2 amide bonds. The number of nitrogens with zero attached hydrogens (tertiary/aromatic N) is 2. The van der Waals surface area contributed by atoms with Gasteiger partial charge in [-0.15, -0.1) is 0 Å². The molecule has 7 nitrogen and oxygen atoms in total. The molecule has 1 N–H and O–H groups in total. The number of piperazine rings is 1. The Hall–Kier alpha value is -3.06. The third-order valence-electron chi connectivity index (χ3n) is 5.11. The van der Waals surface area contributed by atoms with Gasteiger partial charge < -0.3 is 19.7 Å². The number of rotatable bonds is 6. The van der Waals surface area contributed by atoms with E-state index in [9.17, 15) is 9.59 Å². The zero-order valence-corrected chi connectivity index (χ0v) is 16.9. The molecule has 1 fully saturated rings. The monoisotopic (exact) mass is 397 g/mol. The van der Waals surface area contributed by atoms with Crippen molar-refractivity contribution in [3.63, 3.8) is 0 Å². The number of benzene rings is 2. The van der Waals surface area contributed by atoms with Crippen LogP contribution in [0.3, 0.4) is 0 Å². The van der Waals surface area contributed by atoms with Gasteiger partial charge in [0.25, 0.3) is 0 Å². The van der Waals surface area contributed by atoms with Gasteiger partial charge in [0.05, 0.1) is 19.8 Å². The lowest BCUT2D eigenvalue weighted by molar-refractivity contribution is 0.0600. The van der Waals surface area contributed by atoms with Crippen LogP contribution in [0.5, 0.6) is 5.75 Å². The lowest BCUT2D eigenvalue weighted by atomic mass is 10.1. The first-order chi connectivity index (χ1) is 14.1. The fourth-order valence-electron chi connectivity index (χ4n) is 3.37. The molecule has 2 aromatic rings. The van der Waals surface area contributed by atoms with E-state index in [2.05, 4.69) is 21.0 Å². The Morgan fingerprint density at radius 2 is 1.66 bits per heavy atom. The van der Waals surface area contributed by atoms with E-state index in [1.54, 1.807) is 31.4 Å². The summed E-state index contributed by atoms with van der Waals surface area (Å²) < 4.78 is 10.1. The second-order valence-corrected chi connectivity index (χ2v) is 6.89. The van der Waals surface area contributed by atoms with Gasteiger partial charge in [-0.3, -0.25) is 4.90 Å². The van der Waals surface area contributed by atoms with Crippen LogP contribution in [0.4, 0.5) is 10.5 Å². The molecule has 0 saturated carbocycles. The van der Waals surface area contributed by atoms with E-state index in [0.29, 0.717) is 24.3 Å². The van der Waals surface area contributed by atoms with Gasteiger partial charge in [0.1, 0.15) is 5.75 Å². The van der Waals surface area contributed by atoms with Gasteiger partial charge >= 0.3 is 12.0 Å². The van der Waals surface area contributed by atoms with Crippen molar-refractivity contribution >= 4 is 17.7 Å². The zero-order valence-electron chi connectivity index (χ0n) is 16.9. The summed E-state index contributed by atoms with van der Waals surface area (Å²) in [6.07, 6.45) is 0.919. The van der Waals surface area contributed by atoms with Gasteiger partial charge in [-0.1, -0.05) is 18.2 Å². The fraction of sp³-hybridized carbons (Fsp3) is 0.364. The molecule has 7 heteroatoms. The molecular formula is C22H27N3O4. The Bertz CT molecular complexity index is 830. The van der Waals surface area contributed by atoms with Gasteiger partial charge in [-0.25, -0.2) is 9.59 Å². The number of urea groups is 1. The van der Waals surface area contributed by atoms with Crippen molar-refractivity contribution in [3.05, 3.63) is 59.7 Å². The number of para-hydroxylation sites is 1. The fourth-order valence-corrected chi connectivity index (χ4v) is 3.37. The molecule has 0 unspecified atom stereocenters. The van der Waals surface area contributed by atoms with E-state index in [1.165, 1.54) is 12.7 Å². The molecule has 3 rings (SSSR count). The van der Waals surface area contributed by atoms with Crippen molar-refractivity contribution in [2.45, 2.75) is 6.42 Å². The molecule has 0 spiro atoms. The van der Waals surface area contributed by atoms with Crippen molar-refractivity contribution in [2.24, 2.45) is 0 Å². The summed E-state index contributed by atoms with van der Waals surface area (Å²) in [6, 6.07) is 14.6. The summed E-state index contributed by atoms with van der Waals surface area (Å²) in [5.74, 6) is 0.524. The zero-order chi connectivity index (χ0) is 20.6. The number of anilines is 1. The normalized spacial score (nSPS) is 14.3. The number of ether oxygens (including phenoxy) is 2. The molecule has 154 valence electrons. The summed E-state index contributed by atoms with van der Waals surface area (Å²) in [4.78, 5) is 28.2.